The molecule has 1 fully saturated rings. The quantitative estimate of drug-likeness (QED) is 0.402. The van der Waals surface area contributed by atoms with Crippen molar-refractivity contribution in [1.82, 2.24) is 4.90 Å². The number of carbonyl (C=O) groups is 3. The fraction of sp³-hybridized carbons (Fsp3) is 0.174. The zero-order valence-corrected chi connectivity index (χ0v) is 17.7. The molecule has 0 aliphatic carbocycles. The minimum absolute atomic E-state index is 0.0147. The lowest BCUT2D eigenvalue weighted by Gasteiger charge is -2.11. The number of carbonyl (C=O) groups excluding carboxylic acids is 3. The summed E-state index contributed by atoms with van der Waals surface area (Å²) < 4.78 is 15.7. The fourth-order valence-corrected chi connectivity index (χ4v) is 4.14. The Kier molecular flexibility index (Phi) is 5.81. The van der Waals surface area contributed by atoms with Crippen LogP contribution in [0.15, 0.2) is 57.9 Å². The van der Waals surface area contributed by atoms with Crippen molar-refractivity contribution < 1.29 is 28.3 Å². The average molecular weight is 437 g/mol. The van der Waals surface area contributed by atoms with E-state index in [1.54, 1.807) is 12.1 Å². The van der Waals surface area contributed by atoms with E-state index in [4.69, 9.17) is 9.15 Å². The van der Waals surface area contributed by atoms with Crippen LogP contribution in [-0.2, 0) is 16.1 Å². The topological polar surface area (TPSA) is 86.1 Å². The summed E-state index contributed by atoms with van der Waals surface area (Å²) in [6.45, 7) is 2.40. The lowest BCUT2D eigenvalue weighted by molar-refractivity contribution is -0.123. The van der Waals surface area contributed by atoms with E-state index in [0.717, 1.165) is 38.7 Å². The molecule has 1 aliphatic heterocycles. The van der Waals surface area contributed by atoms with Gasteiger partial charge in [0.25, 0.3) is 11.1 Å². The lowest BCUT2D eigenvalue weighted by atomic mass is 10.0. The van der Waals surface area contributed by atoms with Crippen molar-refractivity contribution in [2.24, 2.45) is 0 Å². The van der Waals surface area contributed by atoms with Gasteiger partial charge in [-0.2, -0.15) is 0 Å². The van der Waals surface area contributed by atoms with Crippen LogP contribution in [0.4, 0.5) is 4.79 Å². The van der Waals surface area contributed by atoms with Crippen LogP contribution < -0.4 is 4.74 Å². The Bertz CT molecular complexity index is 1210. The maximum atomic E-state index is 12.9. The molecule has 7 nitrogen and oxygen atoms in total. The molecule has 2 amide bonds. The van der Waals surface area contributed by atoms with Gasteiger partial charge in [0.1, 0.15) is 11.5 Å². The summed E-state index contributed by atoms with van der Waals surface area (Å²) in [4.78, 5) is 38.3. The SMILES string of the molecule is CCOc1ccc(/C=C2/SC(=O)N(Cc3ccc(C(=O)OC)o3)C2=O)c2ccccc12. The lowest BCUT2D eigenvalue weighted by Crippen LogP contribution is -2.27. The third-order valence-electron chi connectivity index (χ3n) is 4.74. The molecular weight excluding hydrogens is 418 g/mol. The molecule has 2 heterocycles. The molecular formula is C23H19NO6S. The number of hydrogen-bond acceptors (Lipinski definition) is 7. The van der Waals surface area contributed by atoms with Crippen molar-refractivity contribution in [2.45, 2.75) is 13.5 Å². The molecule has 0 bridgehead atoms. The zero-order valence-electron chi connectivity index (χ0n) is 16.9. The van der Waals surface area contributed by atoms with Gasteiger partial charge >= 0.3 is 5.97 Å². The predicted octanol–water partition coefficient (Wildman–Crippen LogP) is 4.85. The number of benzene rings is 2. The first-order chi connectivity index (χ1) is 15.0. The summed E-state index contributed by atoms with van der Waals surface area (Å²) >= 11 is 0.870. The van der Waals surface area contributed by atoms with E-state index in [2.05, 4.69) is 4.74 Å². The number of methoxy groups -OCH3 is 1. The zero-order chi connectivity index (χ0) is 22.0. The second-order valence-corrected chi connectivity index (χ2v) is 7.65. The molecule has 1 aliphatic rings. The molecule has 8 heteroatoms. The first-order valence-corrected chi connectivity index (χ1v) is 10.4. The number of esters is 1. The van der Waals surface area contributed by atoms with Crippen LogP contribution in [0.1, 0.15) is 28.8 Å². The van der Waals surface area contributed by atoms with Crippen molar-refractivity contribution in [3.63, 3.8) is 0 Å². The smallest absolute Gasteiger partial charge is 0.373 e. The molecule has 31 heavy (non-hydrogen) atoms. The number of ether oxygens (including phenoxy) is 2. The van der Waals surface area contributed by atoms with Gasteiger partial charge in [-0.25, -0.2) is 4.79 Å². The van der Waals surface area contributed by atoms with Crippen LogP contribution in [0.2, 0.25) is 0 Å². The highest BCUT2D eigenvalue weighted by atomic mass is 32.2. The summed E-state index contributed by atoms with van der Waals surface area (Å²) in [5, 5.41) is 1.46. The van der Waals surface area contributed by atoms with Gasteiger partial charge in [0.2, 0.25) is 5.76 Å². The van der Waals surface area contributed by atoms with Crippen LogP contribution >= 0.6 is 11.8 Å². The van der Waals surface area contributed by atoms with Crippen LogP contribution in [0.25, 0.3) is 16.8 Å². The molecule has 1 aromatic heterocycles. The first kappa shape index (κ1) is 20.7. The van der Waals surface area contributed by atoms with E-state index >= 15 is 0 Å². The second kappa shape index (κ2) is 8.69. The monoisotopic (exact) mass is 437 g/mol. The van der Waals surface area contributed by atoms with Crippen LogP contribution in [0.3, 0.4) is 0 Å². The minimum Gasteiger partial charge on any atom is -0.493 e. The summed E-state index contributed by atoms with van der Waals surface area (Å²) in [7, 11) is 1.25. The standard InChI is InChI=1S/C23H19NO6S/c1-3-29-18-10-8-14(16-6-4-5-7-17(16)18)12-20-21(25)24(23(27)31-20)13-15-9-11-19(30-15)22(26)28-2/h4-12H,3,13H2,1-2H3/b20-12+. The summed E-state index contributed by atoms with van der Waals surface area (Å²) in [5.41, 5.74) is 0.815. The number of amides is 2. The number of fused-ring (bicyclic) bond motifs is 1. The number of furan rings is 1. The third-order valence-corrected chi connectivity index (χ3v) is 5.65. The van der Waals surface area contributed by atoms with Crippen LogP contribution in [-0.4, -0.2) is 35.7 Å². The molecule has 0 unspecified atom stereocenters. The number of rotatable bonds is 6. The fourth-order valence-electron chi connectivity index (χ4n) is 3.31. The summed E-state index contributed by atoms with van der Waals surface area (Å²) in [6, 6.07) is 14.5. The van der Waals surface area contributed by atoms with Gasteiger partial charge < -0.3 is 13.9 Å². The van der Waals surface area contributed by atoms with Crippen LogP contribution in [0, 0.1) is 0 Å². The first-order valence-electron chi connectivity index (χ1n) is 9.58. The normalized spacial score (nSPS) is 15.2. The molecule has 158 valence electrons. The molecule has 0 radical (unpaired) electrons. The number of imide groups is 1. The van der Waals surface area contributed by atoms with Gasteiger partial charge in [0.05, 0.1) is 25.2 Å². The van der Waals surface area contributed by atoms with Crippen molar-refractivity contribution in [2.75, 3.05) is 13.7 Å². The highest BCUT2D eigenvalue weighted by Crippen LogP contribution is 2.36. The maximum Gasteiger partial charge on any atom is 0.373 e. The van der Waals surface area contributed by atoms with Crippen molar-refractivity contribution in [1.29, 1.82) is 0 Å². The highest BCUT2D eigenvalue weighted by Gasteiger charge is 2.36. The maximum absolute atomic E-state index is 12.9. The van der Waals surface area contributed by atoms with Crippen molar-refractivity contribution in [3.05, 3.63) is 70.5 Å². The number of thioether (sulfide) groups is 1. The number of hydrogen-bond donors (Lipinski definition) is 0. The molecule has 0 N–H and O–H groups in total. The molecule has 0 atom stereocenters. The van der Waals surface area contributed by atoms with Gasteiger partial charge in [-0.1, -0.05) is 30.3 Å². The van der Waals surface area contributed by atoms with Crippen LogP contribution in [0.5, 0.6) is 5.75 Å². The minimum atomic E-state index is -0.623. The third kappa shape index (κ3) is 4.06. The number of nitrogens with zero attached hydrogens (tertiary/aromatic N) is 1. The van der Waals surface area contributed by atoms with Gasteiger partial charge in [-0.3, -0.25) is 14.5 Å². The Balaban J connectivity index is 1.61. The average Bonchev–Trinajstić information content (AvgIpc) is 3.35. The Morgan fingerprint density at radius 3 is 2.61 bits per heavy atom. The molecule has 2 aromatic carbocycles. The van der Waals surface area contributed by atoms with Gasteiger partial charge in [-0.05, 0) is 53.9 Å². The van der Waals surface area contributed by atoms with E-state index in [-0.39, 0.29) is 12.3 Å². The largest absolute Gasteiger partial charge is 0.493 e. The second-order valence-electron chi connectivity index (χ2n) is 6.66. The molecule has 0 saturated carbocycles. The highest BCUT2D eigenvalue weighted by molar-refractivity contribution is 8.18. The molecule has 0 spiro atoms. The van der Waals surface area contributed by atoms with E-state index < -0.39 is 17.1 Å². The van der Waals surface area contributed by atoms with E-state index in [9.17, 15) is 14.4 Å². The molecule has 3 aromatic rings. The van der Waals surface area contributed by atoms with Crippen molar-refractivity contribution >= 4 is 45.7 Å². The Morgan fingerprint density at radius 1 is 1.10 bits per heavy atom. The van der Waals surface area contributed by atoms with E-state index in [0.29, 0.717) is 17.3 Å². The summed E-state index contributed by atoms with van der Waals surface area (Å²) in [5.74, 6) is 0.0607. The Labute approximate surface area is 182 Å². The van der Waals surface area contributed by atoms with Gasteiger partial charge in [-0.15, -0.1) is 0 Å². The Hall–Kier alpha value is -3.52. The predicted molar refractivity (Wildman–Crippen MR) is 117 cm³/mol. The van der Waals surface area contributed by atoms with E-state index in [1.807, 2.05) is 43.3 Å². The molecule has 1 saturated heterocycles. The van der Waals surface area contributed by atoms with E-state index in [1.165, 1.54) is 13.2 Å². The molecule has 4 rings (SSSR count). The van der Waals surface area contributed by atoms with Crippen molar-refractivity contribution in [3.8, 4) is 5.75 Å². The van der Waals surface area contributed by atoms with Gasteiger partial charge in [0, 0.05) is 5.39 Å². The summed E-state index contributed by atoms with van der Waals surface area (Å²) in [6.07, 6.45) is 1.71. The Morgan fingerprint density at radius 2 is 1.87 bits per heavy atom. The van der Waals surface area contributed by atoms with Gasteiger partial charge in [0.15, 0.2) is 0 Å².